The second-order valence-corrected chi connectivity index (χ2v) is 3.67. The number of carboxylic acids is 1. The highest BCUT2D eigenvalue weighted by Crippen LogP contribution is 2.05. The van der Waals surface area contributed by atoms with E-state index in [0.717, 1.165) is 24.5 Å². The summed E-state index contributed by atoms with van der Waals surface area (Å²) >= 11 is 5.64. The Kier molecular flexibility index (Phi) is 4.08. The molecule has 1 heterocycles. The second-order valence-electron chi connectivity index (χ2n) is 3.14. The van der Waals surface area contributed by atoms with Crippen molar-refractivity contribution in [2.24, 2.45) is 0 Å². The average molecular weight is 232 g/mol. The Morgan fingerprint density at radius 1 is 1.53 bits per heavy atom. The highest BCUT2D eigenvalue weighted by Gasteiger charge is 2.17. The first-order valence-electron chi connectivity index (χ1n) is 4.87. The van der Waals surface area contributed by atoms with Gasteiger partial charge in [0.15, 0.2) is 11.2 Å². The highest BCUT2D eigenvalue weighted by molar-refractivity contribution is 6.29. The molecule has 1 rings (SSSR count). The summed E-state index contributed by atoms with van der Waals surface area (Å²) < 4.78 is 1.57. The fourth-order valence-corrected chi connectivity index (χ4v) is 1.34. The van der Waals surface area contributed by atoms with Gasteiger partial charge in [0.05, 0.1) is 6.54 Å². The number of hydrogen-bond acceptors (Lipinski definition) is 3. The lowest BCUT2D eigenvalue weighted by Crippen LogP contribution is -2.22. The van der Waals surface area contributed by atoms with E-state index in [4.69, 9.17) is 16.7 Å². The molecule has 1 aromatic rings. The van der Waals surface area contributed by atoms with E-state index in [0.29, 0.717) is 0 Å². The Bertz CT molecular complexity index is 351. The Balaban J connectivity index is 2.83. The molecule has 0 fully saturated rings. The van der Waals surface area contributed by atoms with E-state index in [9.17, 15) is 4.79 Å². The summed E-state index contributed by atoms with van der Waals surface area (Å²) in [6.07, 6.45) is 1.45. The van der Waals surface area contributed by atoms with E-state index in [1.54, 1.807) is 4.68 Å². The Labute approximate surface area is 93.1 Å². The molecule has 0 amide bonds. The number of nitrogens with zero attached hydrogens (tertiary/aromatic N) is 3. The van der Waals surface area contributed by atoms with E-state index in [1.807, 2.05) is 13.8 Å². The summed E-state index contributed by atoms with van der Waals surface area (Å²) in [5.74, 6) is 0.465. The molecule has 1 atom stereocenters. The van der Waals surface area contributed by atoms with Gasteiger partial charge < -0.3 is 5.11 Å². The summed E-state index contributed by atoms with van der Waals surface area (Å²) in [5.41, 5.74) is 0. The average Bonchev–Trinajstić information content (AvgIpc) is 2.60. The van der Waals surface area contributed by atoms with E-state index in [2.05, 4.69) is 10.1 Å². The van der Waals surface area contributed by atoms with E-state index in [1.165, 1.54) is 0 Å². The second kappa shape index (κ2) is 5.11. The van der Waals surface area contributed by atoms with Crippen LogP contribution in [0.25, 0.3) is 0 Å². The Morgan fingerprint density at radius 2 is 2.20 bits per heavy atom. The summed E-state index contributed by atoms with van der Waals surface area (Å²) in [4.78, 5) is 14.8. The number of hydrogen-bond donors (Lipinski definition) is 1. The normalized spacial score (nSPS) is 12.7. The predicted molar refractivity (Wildman–Crippen MR) is 56.1 cm³/mol. The molecule has 0 saturated heterocycles. The minimum Gasteiger partial charge on any atom is -0.480 e. The van der Waals surface area contributed by atoms with Gasteiger partial charge in [-0.15, -0.1) is 11.6 Å². The monoisotopic (exact) mass is 231 g/mol. The van der Waals surface area contributed by atoms with E-state index in [-0.39, 0.29) is 6.54 Å². The summed E-state index contributed by atoms with van der Waals surface area (Å²) in [6.45, 7) is 4.06. The van der Waals surface area contributed by atoms with Crippen molar-refractivity contribution in [1.82, 2.24) is 14.8 Å². The molecule has 0 radical (unpaired) electrons. The summed E-state index contributed by atoms with van der Waals surface area (Å²) in [6, 6.07) is 0. The van der Waals surface area contributed by atoms with Gasteiger partial charge in [0.1, 0.15) is 5.82 Å². The molecule has 1 unspecified atom stereocenters. The largest absolute Gasteiger partial charge is 0.480 e. The minimum atomic E-state index is -1.03. The standard InChI is InChI=1S/C9H14ClN3O2/c1-3-7-11-8(4-2)13(12-7)5-6(10)9(14)15/h6H,3-5H2,1-2H3,(H,14,15). The molecule has 0 saturated carbocycles. The zero-order chi connectivity index (χ0) is 11.4. The maximum Gasteiger partial charge on any atom is 0.323 e. The van der Waals surface area contributed by atoms with Crippen LogP contribution in [0.2, 0.25) is 0 Å². The van der Waals surface area contributed by atoms with E-state index < -0.39 is 11.3 Å². The van der Waals surface area contributed by atoms with Crippen LogP contribution < -0.4 is 0 Å². The van der Waals surface area contributed by atoms with Gasteiger partial charge in [0.25, 0.3) is 0 Å². The van der Waals surface area contributed by atoms with Gasteiger partial charge in [-0.25, -0.2) is 9.67 Å². The maximum atomic E-state index is 10.6. The summed E-state index contributed by atoms with van der Waals surface area (Å²) in [5, 5.41) is 11.9. The van der Waals surface area contributed by atoms with Crippen molar-refractivity contribution in [3.8, 4) is 0 Å². The third kappa shape index (κ3) is 2.92. The minimum absolute atomic E-state index is 0.160. The molecule has 6 heteroatoms. The zero-order valence-corrected chi connectivity index (χ0v) is 9.53. The van der Waals surface area contributed by atoms with Crippen molar-refractivity contribution in [1.29, 1.82) is 0 Å². The fraction of sp³-hybridized carbons (Fsp3) is 0.667. The molecule has 1 aromatic heterocycles. The molecule has 0 aliphatic rings. The number of aliphatic carboxylic acids is 1. The number of rotatable bonds is 5. The SMILES string of the molecule is CCc1nc(CC)n(CC(Cl)C(=O)O)n1. The van der Waals surface area contributed by atoms with Gasteiger partial charge in [-0.1, -0.05) is 13.8 Å². The van der Waals surface area contributed by atoms with Crippen LogP contribution in [0.1, 0.15) is 25.5 Å². The predicted octanol–water partition coefficient (Wildman–Crippen LogP) is 1.09. The number of alkyl halides is 1. The zero-order valence-electron chi connectivity index (χ0n) is 8.77. The number of carbonyl (C=O) groups is 1. The number of aromatic nitrogens is 3. The van der Waals surface area contributed by atoms with Gasteiger partial charge in [0.2, 0.25) is 0 Å². The van der Waals surface area contributed by atoms with Crippen LogP contribution in [0.15, 0.2) is 0 Å². The molecule has 0 aliphatic heterocycles. The maximum absolute atomic E-state index is 10.6. The molecular weight excluding hydrogens is 218 g/mol. The van der Waals surface area contributed by atoms with Gasteiger partial charge in [0, 0.05) is 12.8 Å². The lowest BCUT2D eigenvalue weighted by Gasteiger charge is -2.05. The molecule has 0 aliphatic carbocycles. The van der Waals surface area contributed by atoms with Crippen molar-refractivity contribution in [3.05, 3.63) is 11.6 Å². The first-order valence-corrected chi connectivity index (χ1v) is 5.31. The van der Waals surface area contributed by atoms with Crippen molar-refractivity contribution in [2.75, 3.05) is 0 Å². The van der Waals surface area contributed by atoms with Crippen LogP contribution in [-0.2, 0) is 24.2 Å². The van der Waals surface area contributed by atoms with Crippen LogP contribution in [0.4, 0.5) is 0 Å². The molecule has 1 N–H and O–H groups in total. The smallest absolute Gasteiger partial charge is 0.323 e. The molecule has 5 nitrogen and oxygen atoms in total. The van der Waals surface area contributed by atoms with Gasteiger partial charge >= 0.3 is 5.97 Å². The number of carboxylic acid groups (broad SMARTS) is 1. The van der Waals surface area contributed by atoms with Crippen LogP contribution in [0.3, 0.4) is 0 Å². The first kappa shape index (κ1) is 12.0. The number of aryl methyl sites for hydroxylation is 2. The third-order valence-electron chi connectivity index (χ3n) is 2.03. The molecule has 0 spiro atoms. The first-order chi connectivity index (χ1) is 7.08. The summed E-state index contributed by atoms with van der Waals surface area (Å²) in [7, 11) is 0. The van der Waals surface area contributed by atoms with Gasteiger partial charge in [-0.3, -0.25) is 4.79 Å². The molecule has 84 valence electrons. The number of halogens is 1. The van der Waals surface area contributed by atoms with E-state index >= 15 is 0 Å². The Morgan fingerprint density at radius 3 is 2.67 bits per heavy atom. The van der Waals surface area contributed by atoms with Gasteiger partial charge in [-0.2, -0.15) is 5.10 Å². The van der Waals surface area contributed by atoms with Crippen LogP contribution >= 0.6 is 11.6 Å². The highest BCUT2D eigenvalue weighted by atomic mass is 35.5. The fourth-order valence-electron chi connectivity index (χ4n) is 1.21. The van der Waals surface area contributed by atoms with Crippen molar-refractivity contribution < 1.29 is 9.90 Å². The van der Waals surface area contributed by atoms with Gasteiger partial charge in [-0.05, 0) is 0 Å². The Hall–Kier alpha value is -1.10. The topological polar surface area (TPSA) is 68.0 Å². The molecular formula is C9H14ClN3O2. The van der Waals surface area contributed by atoms with Crippen molar-refractivity contribution in [3.63, 3.8) is 0 Å². The third-order valence-corrected chi connectivity index (χ3v) is 2.35. The molecule has 15 heavy (non-hydrogen) atoms. The lowest BCUT2D eigenvalue weighted by molar-refractivity contribution is -0.136. The molecule has 0 bridgehead atoms. The lowest BCUT2D eigenvalue weighted by atomic mass is 10.4. The van der Waals surface area contributed by atoms with Crippen molar-refractivity contribution in [2.45, 2.75) is 38.6 Å². The van der Waals surface area contributed by atoms with Crippen LogP contribution in [-0.4, -0.2) is 31.2 Å². The van der Waals surface area contributed by atoms with Crippen molar-refractivity contribution >= 4 is 17.6 Å². The molecule has 0 aromatic carbocycles. The van der Waals surface area contributed by atoms with Crippen LogP contribution in [0.5, 0.6) is 0 Å². The van der Waals surface area contributed by atoms with Crippen LogP contribution in [0, 0.1) is 0 Å². The quantitative estimate of drug-likeness (QED) is 0.771.